The Kier molecular flexibility index (Phi) is 4.22. The van der Waals surface area contributed by atoms with Crippen molar-refractivity contribution in [1.82, 2.24) is 14.5 Å². The van der Waals surface area contributed by atoms with Crippen molar-refractivity contribution in [2.45, 2.75) is 32.7 Å². The van der Waals surface area contributed by atoms with Crippen molar-refractivity contribution in [3.63, 3.8) is 0 Å². The number of aromatic nitrogens is 3. The van der Waals surface area contributed by atoms with Gasteiger partial charge in [0.1, 0.15) is 0 Å². The molecule has 0 saturated carbocycles. The molecule has 1 aromatic carbocycles. The summed E-state index contributed by atoms with van der Waals surface area (Å²) in [4.78, 5) is 24.0. The third-order valence-electron chi connectivity index (χ3n) is 4.82. The third kappa shape index (κ3) is 3.27. The van der Waals surface area contributed by atoms with Gasteiger partial charge in [0.25, 0.3) is 5.56 Å². The van der Waals surface area contributed by atoms with Gasteiger partial charge in [0.2, 0.25) is 5.95 Å². The van der Waals surface area contributed by atoms with E-state index in [1.807, 2.05) is 12.3 Å². The Morgan fingerprint density at radius 2 is 1.80 bits per heavy atom. The van der Waals surface area contributed by atoms with Crippen LogP contribution in [0.3, 0.4) is 0 Å². The molecule has 25 heavy (non-hydrogen) atoms. The lowest BCUT2D eigenvalue weighted by molar-refractivity contribution is 0.569. The van der Waals surface area contributed by atoms with Crippen molar-refractivity contribution in [2.24, 2.45) is 0 Å². The van der Waals surface area contributed by atoms with Crippen molar-refractivity contribution < 1.29 is 0 Å². The Hall–Kier alpha value is -2.69. The predicted molar refractivity (Wildman–Crippen MR) is 100 cm³/mol. The molecule has 0 aliphatic carbocycles. The first-order valence-electron chi connectivity index (χ1n) is 8.87. The van der Waals surface area contributed by atoms with Crippen molar-refractivity contribution >= 4 is 16.9 Å². The lowest BCUT2D eigenvalue weighted by Gasteiger charge is -2.26. The van der Waals surface area contributed by atoms with Crippen LogP contribution in [0.4, 0.5) is 5.95 Å². The average molecular weight is 334 g/mol. The van der Waals surface area contributed by atoms with E-state index in [-0.39, 0.29) is 5.56 Å². The zero-order valence-corrected chi connectivity index (χ0v) is 14.5. The molecule has 0 spiro atoms. The minimum absolute atomic E-state index is 0.0386. The Bertz CT molecular complexity index is 940. The van der Waals surface area contributed by atoms with Crippen LogP contribution in [-0.2, 0) is 6.54 Å². The monoisotopic (exact) mass is 334 g/mol. The fourth-order valence-corrected chi connectivity index (χ4v) is 3.32. The summed E-state index contributed by atoms with van der Waals surface area (Å²) in [6.45, 7) is 4.61. The molecular formula is C20H22N4O. The van der Waals surface area contributed by atoms with Gasteiger partial charge < -0.3 is 9.47 Å². The quantitative estimate of drug-likeness (QED) is 0.738. The molecule has 5 heteroatoms. The molecule has 0 amide bonds. The minimum atomic E-state index is -0.0386. The highest BCUT2D eigenvalue weighted by molar-refractivity contribution is 5.77. The van der Waals surface area contributed by atoms with Gasteiger partial charge >= 0.3 is 0 Å². The Labute approximate surface area is 147 Å². The zero-order chi connectivity index (χ0) is 17.2. The first-order valence-corrected chi connectivity index (χ1v) is 8.87. The summed E-state index contributed by atoms with van der Waals surface area (Å²) >= 11 is 0. The molecule has 4 rings (SSSR count). The van der Waals surface area contributed by atoms with Gasteiger partial charge in [-0.05, 0) is 37.8 Å². The van der Waals surface area contributed by atoms with E-state index >= 15 is 0 Å². The molecule has 3 heterocycles. The average Bonchev–Trinajstić information content (AvgIpc) is 2.66. The Morgan fingerprint density at radius 1 is 1.04 bits per heavy atom. The number of aryl methyl sites for hydroxylation is 1. The highest BCUT2D eigenvalue weighted by atomic mass is 16.1. The standard InChI is InChI=1S/C20H22N4O/c1-15-5-7-16(8-6-15)14-24-12-9-18-17(19(24)25)13-21-20(22-18)23-10-3-2-4-11-23/h5-9,12-13H,2-4,10-11,14H2,1H3. The van der Waals surface area contributed by atoms with Gasteiger partial charge in [-0.3, -0.25) is 4.79 Å². The van der Waals surface area contributed by atoms with Crippen LogP contribution in [0, 0.1) is 6.92 Å². The number of piperidine rings is 1. The molecule has 0 bridgehead atoms. The summed E-state index contributed by atoms with van der Waals surface area (Å²) in [6.07, 6.45) is 7.14. The van der Waals surface area contributed by atoms with Crippen LogP contribution in [0.2, 0.25) is 0 Å². The van der Waals surface area contributed by atoms with Gasteiger partial charge in [-0.25, -0.2) is 9.97 Å². The largest absolute Gasteiger partial charge is 0.341 e. The second-order valence-corrected chi connectivity index (χ2v) is 6.75. The van der Waals surface area contributed by atoms with Gasteiger partial charge in [0.15, 0.2) is 0 Å². The van der Waals surface area contributed by atoms with E-state index in [4.69, 9.17) is 0 Å². The van der Waals surface area contributed by atoms with E-state index in [1.54, 1.807) is 10.8 Å². The molecule has 1 fully saturated rings. The number of rotatable bonds is 3. The number of benzene rings is 1. The van der Waals surface area contributed by atoms with E-state index in [0.29, 0.717) is 11.9 Å². The molecule has 0 N–H and O–H groups in total. The lowest BCUT2D eigenvalue weighted by atomic mass is 10.1. The molecule has 0 unspecified atom stereocenters. The third-order valence-corrected chi connectivity index (χ3v) is 4.82. The summed E-state index contributed by atoms with van der Waals surface area (Å²) in [6, 6.07) is 10.2. The molecule has 0 atom stereocenters. The van der Waals surface area contributed by atoms with E-state index in [9.17, 15) is 4.79 Å². The predicted octanol–water partition coefficient (Wildman–Crippen LogP) is 3.14. The maximum absolute atomic E-state index is 12.8. The molecule has 1 aliphatic heterocycles. The number of hydrogen-bond donors (Lipinski definition) is 0. The van der Waals surface area contributed by atoms with Crippen molar-refractivity contribution in [3.8, 4) is 0 Å². The first-order chi connectivity index (χ1) is 12.2. The number of fused-ring (bicyclic) bond motifs is 1. The van der Waals surface area contributed by atoms with Crippen molar-refractivity contribution in [2.75, 3.05) is 18.0 Å². The molecule has 128 valence electrons. The number of pyridine rings is 1. The van der Waals surface area contributed by atoms with E-state index in [1.165, 1.54) is 24.8 Å². The van der Waals surface area contributed by atoms with E-state index in [2.05, 4.69) is 46.1 Å². The number of hydrogen-bond acceptors (Lipinski definition) is 4. The highest BCUT2D eigenvalue weighted by Gasteiger charge is 2.14. The SMILES string of the molecule is Cc1ccc(Cn2ccc3nc(N4CCCCC4)ncc3c2=O)cc1. The molecule has 2 aromatic heterocycles. The highest BCUT2D eigenvalue weighted by Crippen LogP contribution is 2.17. The maximum Gasteiger partial charge on any atom is 0.261 e. The fraction of sp³-hybridized carbons (Fsp3) is 0.350. The molecule has 5 nitrogen and oxygen atoms in total. The molecule has 1 saturated heterocycles. The van der Waals surface area contributed by atoms with Crippen LogP contribution in [0.25, 0.3) is 10.9 Å². The topological polar surface area (TPSA) is 51.0 Å². The van der Waals surface area contributed by atoms with Crippen LogP contribution in [0.15, 0.2) is 47.5 Å². The summed E-state index contributed by atoms with van der Waals surface area (Å²) in [5.74, 6) is 0.739. The second-order valence-electron chi connectivity index (χ2n) is 6.75. The normalized spacial score (nSPS) is 14.8. The van der Waals surface area contributed by atoms with Gasteiger partial charge in [-0.15, -0.1) is 0 Å². The van der Waals surface area contributed by atoms with Crippen molar-refractivity contribution in [3.05, 3.63) is 64.2 Å². The van der Waals surface area contributed by atoms with Gasteiger partial charge in [-0.2, -0.15) is 0 Å². The van der Waals surface area contributed by atoms with Gasteiger partial charge in [0, 0.05) is 25.5 Å². The molecular weight excluding hydrogens is 312 g/mol. The maximum atomic E-state index is 12.8. The van der Waals surface area contributed by atoms with Crippen LogP contribution < -0.4 is 10.5 Å². The van der Waals surface area contributed by atoms with E-state index in [0.717, 1.165) is 30.1 Å². The van der Waals surface area contributed by atoms with Crippen LogP contribution in [-0.4, -0.2) is 27.6 Å². The summed E-state index contributed by atoms with van der Waals surface area (Å²) in [5, 5.41) is 0.579. The summed E-state index contributed by atoms with van der Waals surface area (Å²) in [5.41, 5.74) is 3.01. The Balaban J connectivity index is 1.65. The van der Waals surface area contributed by atoms with Gasteiger partial charge in [0.05, 0.1) is 17.4 Å². The van der Waals surface area contributed by atoms with Crippen molar-refractivity contribution in [1.29, 1.82) is 0 Å². The zero-order valence-electron chi connectivity index (χ0n) is 14.5. The minimum Gasteiger partial charge on any atom is -0.341 e. The molecule has 1 aliphatic rings. The van der Waals surface area contributed by atoms with Crippen LogP contribution >= 0.6 is 0 Å². The smallest absolute Gasteiger partial charge is 0.261 e. The summed E-state index contributed by atoms with van der Waals surface area (Å²) < 4.78 is 1.72. The van der Waals surface area contributed by atoms with Crippen LogP contribution in [0.1, 0.15) is 30.4 Å². The number of anilines is 1. The molecule has 3 aromatic rings. The second kappa shape index (κ2) is 6.67. The van der Waals surface area contributed by atoms with Gasteiger partial charge in [-0.1, -0.05) is 29.8 Å². The Morgan fingerprint density at radius 3 is 2.56 bits per heavy atom. The fourth-order valence-electron chi connectivity index (χ4n) is 3.32. The first kappa shape index (κ1) is 15.8. The lowest BCUT2D eigenvalue weighted by Crippen LogP contribution is -2.31. The van der Waals surface area contributed by atoms with E-state index < -0.39 is 0 Å². The molecule has 0 radical (unpaired) electrons. The van der Waals surface area contributed by atoms with Crippen LogP contribution in [0.5, 0.6) is 0 Å². The summed E-state index contributed by atoms with van der Waals surface area (Å²) in [7, 11) is 0. The number of nitrogens with zero attached hydrogens (tertiary/aromatic N) is 4.